The van der Waals surface area contributed by atoms with Crippen LogP contribution in [0, 0.1) is 0 Å². The van der Waals surface area contributed by atoms with Crippen molar-refractivity contribution in [3.05, 3.63) is 40.3 Å². The van der Waals surface area contributed by atoms with E-state index >= 15 is 0 Å². The zero-order valence-corrected chi connectivity index (χ0v) is 13.0. The van der Waals surface area contributed by atoms with Crippen molar-refractivity contribution >= 4 is 29.1 Å². The van der Waals surface area contributed by atoms with E-state index in [0.29, 0.717) is 41.9 Å². The quantitative estimate of drug-likeness (QED) is 0.631. The number of hydrogen-bond acceptors (Lipinski definition) is 7. The van der Waals surface area contributed by atoms with E-state index in [0.717, 1.165) is 11.3 Å². The van der Waals surface area contributed by atoms with Crippen molar-refractivity contribution in [2.75, 3.05) is 31.1 Å². The average molecular weight is 333 g/mol. The zero-order valence-electron chi connectivity index (χ0n) is 12.2. The molecule has 0 aliphatic carbocycles. The first-order valence-electron chi connectivity index (χ1n) is 7.04. The molecule has 0 radical (unpaired) electrons. The van der Waals surface area contributed by atoms with Gasteiger partial charge >= 0.3 is 0 Å². The summed E-state index contributed by atoms with van der Waals surface area (Å²) in [6.07, 6.45) is 3.39. The van der Waals surface area contributed by atoms with Crippen LogP contribution < -0.4 is 10.4 Å². The van der Waals surface area contributed by atoms with Gasteiger partial charge in [-0.1, -0.05) is 0 Å². The lowest BCUT2D eigenvalue weighted by Gasteiger charge is -2.34. The highest BCUT2D eigenvalue weighted by molar-refractivity contribution is 7.15. The molecule has 2 aromatic heterocycles. The molecule has 0 atom stereocenters. The monoisotopic (exact) mass is 333 g/mol. The molecule has 1 fully saturated rings. The smallest absolute Gasteiger partial charge is 0.284 e. The number of piperazine rings is 1. The summed E-state index contributed by atoms with van der Waals surface area (Å²) >= 11 is 1.06. The second-order valence-corrected chi connectivity index (χ2v) is 6.02. The second kappa shape index (κ2) is 6.71. The van der Waals surface area contributed by atoms with Gasteiger partial charge in [0.2, 0.25) is 5.95 Å². The van der Waals surface area contributed by atoms with Crippen LogP contribution in [-0.4, -0.2) is 58.1 Å². The fraction of sp³-hybridized carbons (Fsp3) is 0.286. The molecule has 1 aliphatic heterocycles. The minimum atomic E-state index is -0.611. The molecule has 0 saturated carbocycles. The Morgan fingerprint density at radius 1 is 1.09 bits per heavy atom. The lowest BCUT2D eigenvalue weighted by Crippen LogP contribution is -2.49. The maximum absolute atomic E-state index is 12.5. The lowest BCUT2D eigenvalue weighted by atomic mass is 10.3. The molecule has 3 rings (SSSR count). The van der Waals surface area contributed by atoms with Gasteiger partial charge in [-0.15, -0.1) is 11.3 Å². The molecule has 2 aromatic rings. The predicted molar refractivity (Wildman–Crippen MR) is 83.7 cm³/mol. The van der Waals surface area contributed by atoms with Gasteiger partial charge in [-0.2, -0.15) is 0 Å². The summed E-state index contributed by atoms with van der Waals surface area (Å²) in [5, 5.41) is 8.62. The highest BCUT2D eigenvalue weighted by Crippen LogP contribution is 2.19. The van der Waals surface area contributed by atoms with Crippen molar-refractivity contribution < 1.29 is 14.8 Å². The molecule has 0 unspecified atom stereocenters. The van der Waals surface area contributed by atoms with Crippen LogP contribution in [0.15, 0.2) is 30.6 Å². The fourth-order valence-electron chi connectivity index (χ4n) is 2.35. The van der Waals surface area contributed by atoms with Crippen LogP contribution in [0.5, 0.6) is 0 Å². The summed E-state index contributed by atoms with van der Waals surface area (Å²) in [6, 6.07) is 4.89. The molecule has 1 saturated heterocycles. The zero-order chi connectivity index (χ0) is 16.2. The number of anilines is 1. The van der Waals surface area contributed by atoms with E-state index in [1.807, 2.05) is 4.90 Å². The molecule has 0 bridgehead atoms. The Morgan fingerprint density at radius 2 is 1.74 bits per heavy atom. The van der Waals surface area contributed by atoms with Crippen LogP contribution in [0.2, 0.25) is 0 Å². The number of carbonyl (C=O) groups is 2. The molecule has 1 aliphatic rings. The summed E-state index contributed by atoms with van der Waals surface area (Å²) in [5.74, 6) is -0.0571. The van der Waals surface area contributed by atoms with E-state index < -0.39 is 5.91 Å². The van der Waals surface area contributed by atoms with Gasteiger partial charge in [0, 0.05) is 38.6 Å². The van der Waals surface area contributed by atoms with E-state index in [1.54, 1.807) is 34.9 Å². The van der Waals surface area contributed by atoms with Gasteiger partial charge in [0.05, 0.1) is 9.75 Å². The lowest BCUT2D eigenvalue weighted by molar-refractivity contribution is 0.0710. The first-order valence-corrected chi connectivity index (χ1v) is 7.86. The van der Waals surface area contributed by atoms with Crippen molar-refractivity contribution in [2.24, 2.45) is 0 Å². The van der Waals surface area contributed by atoms with Gasteiger partial charge < -0.3 is 9.80 Å². The first kappa shape index (κ1) is 15.4. The molecular weight excluding hydrogens is 318 g/mol. The van der Waals surface area contributed by atoms with Gasteiger partial charge in [-0.05, 0) is 18.2 Å². The summed E-state index contributed by atoms with van der Waals surface area (Å²) in [6.45, 7) is 2.45. The Hall–Kier alpha value is -2.52. The molecule has 23 heavy (non-hydrogen) atoms. The van der Waals surface area contributed by atoms with Gasteiger partial charge in [-0.3, -0.25) is 14.8 Å². The SMILES string of the molecule is O=C(NO)c1ccc(C(=O)N2CCN(c3ncccn3)CC2)s1. The molecule has 8 nitrogen and oxygen atoms in total. The molecule has 2 N–H and O–H groups in total. The number of aromatic nitrogens is 2. The molecule has 3 heterocycles. The minimum absolute atomic E-state index is 0.111. The largest absolute Gasteiger partial charge is 0.337 e. The van der Waals surface area contributed by atoms with Crippen LogP contribution in [0.25, 0.3) is 0 Å². The summed E-state index contributed by atoms with van der Waals surface area (Å²) < 4.78 is 0. The van der Waals surface area contributed by atoms with E-state index in [1.165, 1.54) is 6.07 Å². The minimum Gasteiger partial charge on any atom is -0.337 e. The predicted octanol–water partition coefficient (Wildman–Crippen LogP) is 0.619. The molecule has 2 amide bonds. The summed E-state index contributed by atoms with van der Waals surface area (Å²) in [7, 11) is 0. The maximum Gasteiger partial charge on any atom is 0.284 e. The second-order valence-electron chi connectivity index (χ2n) is 4.93. The first-order chi connectivity index (χ1) is 11.2. The van der Waals surface area contributed by atoms with E-state index in [2.05, 4.69) is 9.97 Å². The van der Waals surface area contributed by atoms with Crippen molar-refractivity contribution in [1.82, 2.24) is 20.3 Å². The van der Waals surface area contributed by atoms with E-state index in [-0.39, 0.29) is 5.91 Å². The third kappa shape index (κ3) is 3.30. The molecule has 9 heteroatoms. The van der Waals surface area contributed by atoms with Gasteiger partial charge in [0.1, 0.15) is 0 Å². The number of thiophene rings is 1. The number of rotatable bonds is 3. The Bertz CT molecular complexity index is 697. The normalized spacial score (nSPS) is 14.7. The van der Waals surface area contributed by atoms with Crippen molar-refractivity contribution in [2.45, 2.75) is 0 Å². The Balaban J connectivity index is 1.62. The van der Waals surface area contributed by atoms with Crippen molar-refractivity contribution in [1.29, 1.82) is 0 Å². The van der Waals surface area contributed by atoms with Gasteiger partial charge in [0.15, 0.2) is 0 Å². The van der Waals surface area contributed by atoms with E-state index in [4.69, 9.17) is 5.21 Å². The number of hydroxylamine groups is 1. The van der Waals surface area contributed by atoms with Crippen molar-refractivity contribution in [3.8, 4) is 0 Å². The van der Waals surface area contributed by atoms with Crippen LogP contribution in [-0.2, 0) is 0 Å². The Labute approximate surface area is 136 Å². The van der Waals surface area contributed by atoms with Crippen LogP contribution in [0.1, 0.15) is 19.3 Å². The highest BCUT2D eigenvalue weighted by atomic mass is 32.1. The Kier molecular flexibility index (Phi) is 4.49. The number of amides is 2. The number of nitrogens with zero attached hydrogens (tertiary/aromatic N) is 4. The number of hydrogen-bond donors (Lipinski definition) is 2. The fourth-order valence-corrected chi connectivity index (χ4v) is 3.21. The topological polar surface area (TPSA) is 98.7 Å². The number of nitrogens with one attached hydrogen (secondary N) is 1. The Morgan fingerprint density at radius 3 is 2.39 bits per heavy atom. The number of carbonyl (C=O) groups excluding carboxylic acids is 2. The van der Waals surface area contributed by atoms with E-state index in [9.17, 15) is 9.59 Å². The molecular formula is C14H15N5O3S. The molecule has 120 valence electrons. The molecule has 0 spiro atoms. The van der Waals surface area contributed by atoms with Crippen LogP contribution in [0.3, 0.4) is 0 Å². The van der Waals surface area contributed by atoms with Gasteiger partial charge in [-0.25, -0.2) is 15.4 Å². The van der Waals surface area contributed by atoms with Crippen LogP contribution >= 0.6 is 11.3 Å². The van der Waals surface area contributed by atoms with Crippen molar-refractivity contribution in [3.63, 3.8) is 0 Å². The maximum atomic E-state index is 12.5. The van der Waals surface area contributed by atoms with Crippen LogP contribution in [0.4, 0.5) is 5.95 Å². The standard InChI is InChI=1S/C14H15N5O3S/c20-12(17-22)10-2-3-11(23-10)13(21)18-6-8-19(9-7-18)14-15-4-1-5-16-14/h1-5,22H,6-9H2,(H,17,20). The summed E-state index contributed by atoms with van der Waals surface area (Å²) in [5.41, 5.74) is 1.56. The third-order valence-electron chi connectivity index (χ3n) is 3.54. The third-order valence-corrected chi connectivity index (χ3v) is 4.62. The summed E-state index contributed by atoms with van der Waals surface area (Å²) in [4.78, 5) is 36.8. The van der Waals surface area contributed by atoms with Gasteiger partial charge in [0.25, 0.3) is 11.8 Å². The highest BCUT2D eigenvalue weighted by Gasteiger charge is 2.24. The average Bonchev–Trinajstić information content (AvgIpc) is 3.11. The molecule has 0 aromatic carbocycles.